The molecule has 0 saturated carbocycles. The smallest absolute Gasteiger partial charge is 0.264 e. The molecule has 1 atom stereocenters. The quantitative estimate of drug-likeness (QED) is 0.589. The fourth-order valence-corrected chi connectivity index (χ4v) is 4.73. The number of halogens is 1. The average molecular weight is 414 g/mol. The van der Waals surface area contributed by atoms with Crippen LogP contribution in [-0.2, 0) is 6.42 Å². The molecule has 3 aromatic rings. The molecule has 1 unspecified atom stereocenters. The van der Waals surface area contributed by atoms with Crippen LogP contribution in [0.1, 0.15) is 32.4 Å². The molecule has 0 spiro atoms. The molecule has 4 nitrogen and oxygen atoms in total. The van der Waals surface area contributed by atoms with E-state index in [4.69, 9.17) is 21.1 Å². The SMILES string of the molecule is COc1cc2c(cc1OC)C(c1ccccc1)N(C(=O)c1ccc(Cl)s1)CC2. The van der Waals surface area contributed by atoms with Crippen LogP contribution in [0.2, 0.25) is 4.34 Å². The van der Waals surface area contributed by atoms with Crippen molar-refractivity contribution in [3.63, 3.8) is 0 Å². The maximum absolute atomic E-state index is 13.3. The van der Waals surface area contributed by atoms with Crippen molar-refractivity contribution in [1.82, 2.24) is 4.90 Å². The number of hydrogen-bond donors (Lipinski definition) is 0. The molecule has 28 heavy (non-hydrogen) atoms. The van der Waals surface area contributed by atoms with E-state index in [0.29, 0.717) is 27.3 Å². The van der Waals surface area contributed by atoms with Crippen LogP contribution in [0, 0.1) is 0 Å². The van der Waals surface area contributed by atoms with E-state index in [1.54, 1.807) is 26.4 Å². The first-order valence-corrected chi connectivity index (χ1v) is 10.2. The molecule has 0 radical (unpaired) electrons. The van der Waals surface area contributed by atoms with Gasteiger partial charge < -0.3 is 14.4 Å². The molecule has 4 rings (SSSR count). The Labute approximate surface area is 173 Å². The Morgan fingerprint density at radius 1 is 1.07 bits per heavy atom. The van der Waals surface area contributed by atoms with E-state index in [-0.39, 0.29) is 11.9 Å². The predicted octanol–water partition coefficient (Wildman–Crippen LogP) is 5.21. The number of nitrogens with zero attached hydrogens (tertiary/aromatic N) is 1. The maximum atomic E-state index is 13.3. The first kappa shape index (κ1) is 18.8. The van der Waals surface area contributed by atoms with Crippen molar-refractivity contribution in [3.8, 4) is 11.5 Å². The van der Waals surface area contributed by atoms with E-state index in [9.17, 15) is 4.79 Å². The van der Waals surface area contributed by atoms with Crippen LogP contribution in [-0.4, -0.2) is 31.6 Å². The number of benzene rings is 2. The Bertz CT molecular complexity index is 1000. The third-order valence-electron chi connectivity index (χ3n) is 5.03. The van der Waals surface area contributed by atoms with Gasteiger partial charge in [-0.05, 0) is 47.4 Å². The highest BCUT2D eigenvalue weighted by atomic mass is 35.5. The van der Waals surface area contributed by atoms with Crippen LogP contribution in [0.4, 0.5) is 0 Å². The summed E-state index contributed by atoms with van der Waals surface area (Å²) >= 11 is 7.38. The highest BCUT2D eigenvalue weighted by Gasteiger charge is 2.34. The third-order valence-corrected chi connectivity index (χ3v) is 6.25. The molecule has 6 heteroatoms. The van der Waals surface area contributed by atoms with Gasteiger partial charge in [0.1, 0.15) is 0 Å². The second-order valence-corrected chi connectivity index (χ2v) is 8.29. The molecule has 0 aliphatic carbocycles. The zero-order valence-corrected chi connectivity index (χ0v) is 17.2. The highest BCUT2D eigenvalue weighted by Crippen LogP contribution is 2.41. The van der Waals surface area contributed by atoms with E-state index in [1.165, 1.54) is 16.9 Å². The summed E-state index contributed by atoms with van der Waals surface area (Å²) in [6.45, 7) is 0.621. The lowest BCUT2D eigenvalue weighted by molar-refractivity contribution is 0.0699. The third kappa shape index (κ3) is 3.36. The van der Waals surface area contributed by atoms with Crippen LogP contribution < -0.4 is 9.47 Å². The van der Waals surface area contributed by atoms with Gasteiger partial charge in [-0.3, -0.25) is 4.79 Å². The number of hydrogen-bond acceptors (Lipinski definition) is 4. The standard InChI is InChI=1S/C22H20ClNO3S/c1-26-17-12-15-10-11-24(22(25)19-8-9-20(23)28-19)21(14-6-4-3-5-7-14)16(15)13-18(17)27-2/h3-9,12-13,21H,10-11H2,1-2H3. The molecule has 144 valence electrons. The lowest BCUT2D eigenvalue weighted by Crippen LogP contribution is -2.40. The molecular formula is C22H20ClNO3S. The molecule has 1 aliphatic heterocycles. The fraction of sp³-hybridized carbons (Fsp3) is 0.227. The molecule has 0 fully saturated rings. The summed E-state index contributed by atoms with van der Waals surface area (Å²) in [5.74, 6) is 1.36. The van der Waals surface area contributed by atoms with Gasteiger partial charge >= 0.3 is 0 Å². The number of carbonyl (C=O) groups is 1. The van der Waals surface area contributed by atoms with E-state index >= 15 is 0 Å². The van der Waals surface area contributed by atoms with Crippen molar-refractivity contribution in [1.29, 1.82) is 0 Å². The van der Waals surface area contributed by atoms with Crippen LogP contribution in [0.3, 0.4) is 0 Å². The summed E-state index contributed by atoms with van der Waals surface area (Å²) in [6, 6.07) is 17.5. The van der Waals surface area contributed by atoms with Crippen molar-refractivity contribution in [2.75, 3.05) is 20.8 Å². The molecule has 1 aliphatic rings. The number of ether oxygens (including phenoxy) is 2. The summed E-state index contributed by atoms with van der Waals surface area (Å²) in [5, 5.41) is 0. The van der Waals surface area contributed by atoms with Crippen molar-refractivity contribution in [3.05, 3.63) is 80.5 Å². The van der Waals surface area contributed by atoms with Gasteiger partial charge in [0.2, 0.25) is 0 Å². The Balaban J connectivity index is 1.84. The van der Waals surface area contributed by atoms with Crippen molar-refractivity contribution < 1.29 is 14.3 Å². The van der Waals surface area contributed by atoms with Gasteiger partial charge in [0.15, 0.2) is 11.5 Å². The van der Waals surface area contributed by atoms with Crippen LogP contribution >= 0.6 is 22.9 Å². The second-order valence-electron chi connectivity index (χ2n) is 6.57. The lowest BCUT2D eigenvalue weighted by atomic mass is 9.87. The van der Waals surface area contributed by atoms with Gasteiger partial charge in [0.25, 0.3) is 5.91 Å². The maximum Gasteiger partial charge on any atom is 0.264 e. The van der Waals surface area contributed by atoms with E-state index in [2.05, 4.69) is 12.1 Å². The minimum atomic E-state index is -0.196. The first-order valence-electron chi connectivity index (χ1n) is 8.98. The van der Waals surface area contributed by atoms with E-state index in [0.717, 1.165) is 17.5 Å². The van der Waals surface area contributed by atoms with Gasteiger partial charge in [-0.1, -0.05) is 41.9 Å². The molecule has 1 aromatic heterocycles. The van der Waals surface area contributed by atoms with Crippen LogP contribution in [0.5, 0.6) is 11.5 Å². The molecule has 0 bridgehead atoms. The molecule has 2 aromatic carbocycles. The van der Waals surface area contributed by atoms with Gasteiger partial charge in [-0.15, -0.1) is 11.3 Å². The minimum absolute atomic E-state index is 0.00816. The summed E-state index contributed by atoms with van der Waals surface area (Å²) in [6.07, 6.45) is 0.754. The number of methoxy groups -OCH3 is 2. The minimum Gasteiger partial charge on any atom is -0.493 e. The molecular weight excluding hydrogens is 394 g/mol. The molecule has 0 N–H and O–H groups in total. The first-order chi connectivity index (χ1) is 13.6. The zero-order valence-electron chi connectivity index (χ0n) is 15.6. The zero-order chi connectivity index (χ0) is 19.7. The monoisotopic (exact) mass is 413 g/mol. The van der Waals surface area contributed by atoms with E-state index < -0.39 is 0 Å². The van der Waals surface area contributed by atoms with Crippen molar-refractivity contribution in [2.45, 2.75) is 12.5 Å². The largest absolute Gasteiger partial charge is 0.493 e. The molecule has 0 saturated heterocycles. The topological polar surface area (TPSA) is 38.8 Å². The second kappa shape index (κ2) is 7.86. The normalized spacial score (nSPS) is 15.8. The van der Waals surface area contributed by atoms with Gasteiger partial charge in [0.05, 0.1) is 29.5 Å². The number of amides is 1. The summed E-state index contributed by atoms with van der Waals surface area (Å²) in [7, 11) is 3.26. The predicted molar refractivity (Wildman–Crippen MR) is 112 cm³/mol. The Hall–Kier alpha value is -2.50. The number of carbonyl (C=O) groups excluding carboxylic acids is 1. The van der Waals surface area contributed by atoms with Gasteiger partial charge in [0, 0.05) is 6.54 Å². The molecule has 2 heterocycles. The fourth-order valence-electron chi connectivity index (χ4n) is 3.73. The summed E-state index contributed by atoms with van der Waals surface area (Å²) in [4.78, 5) is 15.9. The number of rotatable bonds is 4. The molecule has 1 amide bonds. The Morgan fingerprint density at radius 3 is 2.43 bits per heavy atom. The van der Waals surface area contributed by atoms with Gasteiger partial charge in [-0.2, -0.15) is 0 Å². The Morgan fingerprint density at radius 2 is 1.79 bits per heavy atom. The van der Waals surface area contributed by atoms with Crippen LogP contribution in [0.15, 0.2) is 54.6 Å². The van der Waals surface area contributed by atoms with E-state index in [1.807, 2.05) is 35.2 Å². The van der Waals surface area contributed by atoms with Crippen molar-refractivity contribution in [2.24, 2.45) is 0 Å². The average Bonchev–Trinajstić information content (AvgIpc) is 3.18. The summed E-state index contributed by atoms with van der Waals surface area (Å²) < 4.78 is 11.6. The Kier molecular flexibility index (Phi) is 5.29. The van der Waals surface area contributed by atoms with Crippen molar-refractivity contribution >= 4 is 28.8 Å². The van der Waals surface area contributed by atoms with Gasteiger partial charge in [-0.25, -0.2) is 0 Å². The summed E-state index contributed by atoms with van der Waals surface area (Å²) in [5.41, 5.74) is 3.29. The lowest BCUT2D eigenvalue weighted by Gasteiger charge is -2.38. The number of fused-ring (bicyclic) bond motifs is 1. The van der Waals surface area contributed by atoms with Crippen LogP contribution in [0.25, 0.3) is 0 Å². The number of thiophene rings is 1. The highest BCUT2D eigenvalue weighted by molar-refractivity contribution is 7.17.